The zero-order chi connectivity index (χ0) is 15.1. The van der Waals surface area contributed by atoms with E-state index in [-0.39, 0.29) is 0 Å². The molecule has 1 atom stereocenters. The largest absolute Gasteiger partial charge is 0.338 e. The van der Waals surface area contributed by atoms with Gasteiger partial charge in [0.2, 0.25) is 5.91 Å². The predicted molar refractivity (Wildman–Crippen MR) is 90.8 cm³/mol. The van der Waals surface area contributed by atoms with Gasteiger partial charge in [0.15, 0.2) is 0 Å². The summed E-state index contributed by atoms with van der Waals surface area (Å²) in [4.78, 5) is 16.9. The van der Waals surface area contributed by atoms with Gasteiger partial charge in [-0.1, -0.05) is 30.3 Å². The Bertz CT molecular complexity index is 436. The molecular formula is C17H26N2OS. The van der Waals surface area contributed by atoms with Crippen molar-refractivity contribution in [1.29, 1.82) is 0 Å². The zero-order valence-electron chi connectivity index (χ0n) is 13.1. The van der Waals surface area contributed by atoms with Gasteiger partial charge in [-0.15, -0.1) is 0 Å². The minimum Gasteiger partial charge on any atom is -0.338 e. The van der Waals surface area contributed by atoms with E-state index in [9.17, 15) is 4.79 Å². The molecule has 0 bridgehead atoms. The second-order valence-corrected chi connectivity index (χ2v) is 7.07. The molecule has 0 aliphatic carbocycles. The summed E-state index contributed by atoms with van der Waals surface area (Å²) in [6.07, 6.45) is 2.59. The van der Waals surface area contributed by atoms with Crippen molar-refractivity contribution in [2.75, 3.05) is 38.7 Å². The minimum atomic E-state index is 0.313. The molecule has 0 saturated carbocycles. The van der Waals surface area contributed by atoms with Crippen molar-refractivity contribution in [3.63, 3.8) is 0 Å². The first kappa shape index (κ1) is 16.4. The second kappa shape index (κ2) is 8.44. The molecule has 1 aromatic carbocycles. The van der Waals surface area contributed by atoms with Gasteiger partial charge in [0.1, 0.15) is 0 Å². The number of thioether (sulfide) groups is 1. The average molecular weight is 306 g/mol. The van der Waals surface area contributed by atoms with Gasteiger partial charge in [-0.3, -0.25) is 4.79 Å². The number of hydrogen-bond donors (Lipinski definition) is 0. The van der Waals surface area contributed by atoms with Crippen molar-refractivity contribution in [1.82, 2.24) is 9.80 Å². The van der Waals surface area contributed by atoms with Crippen LogP contribution in [-0.4, -0.2) is 60.4 Å². The summed E-state index contributed by atoms with van der Waals surface area (Å²) in [5, 5.41) is 0. The third kappa shape index (κ3) is 5.36. The summed E-state index contributed by atoms with van der Waals surface area (Å²) in [6.45, 7) is 1.88. The number of aryl methyl sites for hydroxylation is 1. The van der Waals surface area contributed by atoms with Crippen molar-refractivity contribution < 1.29 is 4.79 Å². The highest BCUT2D eigenvalue weighted by atomic mass is 32.2. The van der Waals surface area contributed by atoms with E-state index in [1.54, 1.807) is 0 Å². The lowest BCUT2D eigenvalue weighted by molar-refractivity contribution is -0.133. The van der Waals surface area contributed by atoms with E-state index in [2.05, 4.69) is 36.0 Å². The fourth-order valence-electron chi connectivity index (χ4n) is 2.77. The third-order valence-corrected chi connectivity index (χ3v) is 5.00. The molecule has 116 valence electrons. The molecule has 21 heavy (non-hydrogen) atoms. The predicted octanol–water partition coefficient (Wildman–Crippen LogP) is 2.51. The Morgan fingerprint density at radius 2 is 2.10 bits per heavy atom. The number of likely N-dealkylation sites (N-methyl/N-ethyl adjacent to an activating group) is 1. The lowest BCUT2D eigenvalue weighted by Crippen LogP contribution is -2.46. The summed E-state index contributed by atoms with van der Waals surface area (Å²) >= 11 is 1.98. The normalized spacial score (nSPS) is 19.6. The summed E-state index contributed by atoms with van der Waals surface area (Å²) < 4.78 is 0. The highest BCUT2D eigenvalue weighted by molar-refractivity contribution is 7.99. The first-order valence-electron chi connectivity index (χ1n) is 7.72. The van der Waals surface area contributed by atoms with E-state index < -0.39 is 0 Å². The van der Waals surface area contributed by atoms with Crippen molar-refractivity contribution in [3.8, 4) is 0 Å². The Morgan fingerprint density at radius 1 is 1.33 bits per heavy atom. The van der Waals surface area contributed by atoms with Gasteiger partial charge in [-0.2, -0.15) is 11.8 Å². The van der Waals surface area contributed by atoms with Crippen LogP contribution < -0.4 is 0 Å². The van der Waals surface area contributed by atoms with E-state index in [0.29, 0.717) is 18.4 Å². The number of carbonyl (C=O) groups is 1. The molecule has 3 nitrogen and oxygen atoms in total. The minimum absolute atomic E-state index is 0.313. The van der Waals surface area contributed by atoms with Crippen molar-refractivity contribution in [2.24, 2.45) is 0 Å². The fraction of sp³-hybridized carbons (Fsp3) is 0.588. The van der Waals surface area contributed by atoms with Crippen LogP contribution in [0.1, 0.15) is 18.4 Å². The molecule has 2 rings (SSSR count). The molecule has 0 radical (unpaired) electrons. The summed E-state index contributed by atoms with van der Waals surface area (Å²) in [5.74, 6) is 2.55. The molecule has 0 N–H and O–H groups in total. The van der Waals surface area contributed by atoms with Gasteiger partial charge in [-0.25, -0.2) is 0 Å². The topological polar surface area (TPSA) is 23.6 Å². The van der Waals surface area contributed by atoms with Crippen LogP contribution in [0.2, 0.25) is 0 Å². The Labute approximate surface area is 132 Å². The molecule has 0 aromatic heterocycles. The smallest absolute Gasteiger partial charge is 0.223 e. The number of hydrogen-bond acceptors (Lipinski definition) is 3. The van der Waals surface area contributed by atoms with Crippen LogP contribution in [0.25, 0.3) is 0 Å². The molecule has 1 aliphatic heterocycles. The Kier molecular flexibility index (Phi) is 6.58. The van der Waals surface area contributed by atoms with E-state index in [1.165, 1.54) is 11.3 Å². The van der Waals surface area contributed by atoms with Crippen LogP contribution in [0.5, 0.6) is 0 Å². The average Bonchev–Trinajstić information content (AvgIpc) is 2.71. The van der Waals surface area contributed by atoms with Gasteiger partial charge >= 0.3 is 0 Å². The number of amides is 1. The van der Waals surface area contributed by atoms with E-state index in [4.69, 9.17) is 0 Å². The SMILES string of the molecule is CN(C)CC1CSCCCN1C(=O)CCc1ccccc1. The second-order valence-electron chi connectivity index (χ2n) is 5.92. The number of nitrogens with zero attached hydrogens (tertiary/aromatic N) is 2. The molecule has 1 saturated heterocycles. The number of benzene rings is 1. The van der Waals surface area contributed by atoms with Gasteiger partial charge in [0.05, 0.1) is 6.04 Å². The van der Waals surface area contributed by atoms with Gasteiger partial charge in [0, 0.05) is 25.3 Å². The standard InChI is InChI=1S/C17H26N2OS/c1-18(2)13-16-14-21-12-6-11-19(16)17(20)10-9-15-7-4-3-5-8-15/h3-5,7-8,16H,6,9-14H2,1-2H3. The van der Waals surface area contributed by atoms with Crippen molar-refractivity contribution >= 4 is 17.7 Å². The highest BCUT2D eigenvalue weighted by Crippen LogP contribution is 2.18. The highest BCUT2D eigenvalue weighted by Gasteiger charge is 2.25. The molecule has 4 heteroatoms. The van der Waals surface area contributed by atoms with Crippen LogP contribution in [0.4, 0.5) is 0 Å². The first-order valence-corrected chi connectivity index (χ1v) is 8.88. The maximum Gasteiger partial charge on any atom is 0.223 e. The van der Waals surface area contributed by atoms with Crippen LogP contribution >= 0.6 is 11.8 Å². The molecule has 1 aromatic rings. The molecule has 1 aliphatic rings. The number of carbonyl (C=O) groups excluding carboxylic acids is 1. The Morgan fingerprint density at radius 3 is 2.81 bits per heavy atom. The number of rotatable bonds is 5. The fourth-order valence-corrected chi connectivity index (χ4v) is 3.83. The molecule has 1 unspecified atom stereocenters. The maximum absolute atomic E-state index is 12.6. The first-order chi connectivity index (χ1) is 10.2. The zero-order valence-corrected chi connectivity index (χ0v) is 13.9. The van der Waals surface area contributed by atoms with Crippen LogP contribution in [0.15, 0.2) is 30.3 Å². The molecule has 0 spiro atoms. The summed E-state index contributed by atoms with van der Waals surface area (Å²) in [7, 11) is 4.17. The molecular weight excluding hydrogens is 280 g/mol. The van der Waals surface area contributed by atoms with Gasteiger partial charge in [0.25, 0.3) is 0 Å². The Balaban J connectivity index is 1.93. The maximum atomic E-state index is 12.6. The van der Waals surface area contributed by atoms with Crippen LogP contribution in [-0.2, 0) is 11.2 Å². The van der Waals surface area contributed by atoms with Crippen molar-refractivity contribution in [3.05, 3.63) is 35.9 Å². The lowest BCUT2D eigenvalue weighted by Gasteiger charge is -2.31. The van der Waals surface area contributed by atoms with E-state index in [0.717, 1.165) is 31.7 Å². The van der Waals surface area contributed by atoms with Crippen molar-refractivity contribution in [2.45, 2.75) is 25.3 Å². The third-order valence-electron chi connectivity index (χ3n) is 3.81. The van der Waals surface area contributed by atoms with Gasteiger partial charge in [-0.05, 0) is 38.3 Å². The van der Waals surface area contributed by atoms with Crippen LogP contribution in [0.3, 0.4) is 0 Å². The molecule has 1 amide bonds. The van der Waals surface area contributed by atoms with E-state index >= 15 is 0 Å². The Hall–Kier alpha value is -1.00. The molecule has 1 fully saturated rings. The lowest BCUT2D eigenvalue weighted by atomic mass is 10.1. The summed E-state index contributed by atoms with van der Waals surface area (Å²) in [6, 6.07) is 10.7. The quantitative estimate of drug-likeness (QED) is 0.835. The summed E-state index contributed by atoms with van der Waals surface area (Å²) in [5.41, 5.74) is 1.25. The van der Waals surface area contributed by atoms with E-state index in [1.807, 2.05) is 30.0 Å². The van der Waals surface area contributed by atoms with Gasteiger partial charge < -0.3 is 9.80 Å². The monoisotopic (exact) mass is 306 g/mol. The van der Waals surface area contributed by atoms with Crippen LogP contribution in [0, 0.1) is 0 Å². The molecule has 1 heterocycles.